The smallest absolute Gasteiger partial charge is 0.422 e. The van der Waals surface area contributed by atoms with Gasteiger partial charge in [-0.1, -0.05) is 6.07 Å². The molecular weight excluding hydrogens is 278 g/mol. The Morgan fingerprint density at radius 2 is 1.74 bits per heavy atom. The lowest BCUT2D eigenvalue weighted by Crippen LogP contribution is -2.21. The van der Waals surface area contributed by atoms with E-state index in [1.54, 1.807) is 0 Å². The van der Waals surface area contributed by atoms with Crippen molar-refractivity contribution in [1.29, 1.82) is 0 Å². The molecule has 0 aliphatic heterocycles. The third-order valence-corrected chi connectivity index (χ3v) is 2.06. The van der Waals surface area contributed by atoms with Gasteiger partial charge in [0.05, 0.1) is 5.56 Å². The van der Waals surface area contributed by atoms with Gasteiger partial charge >= 0.3 is 12.4 Å². The van der Waals surface area contributed by atoms with Crippen molar-refractivity contribution < 1.29 is 35.9 Å². The number of benzene rings is 1. The quantitative estimate of drug-likeness (QED) is 0.626. The molecule has 0 bridgehead atoms. The number of hydrogen-bond acceptors (Lipinski definition) is 2. The summed E-state index contributed by atoms with van der Waals surface area (Å²) in [4.78, 5) is 10.2. The molecule has 0 amide bonds. The van der Waals surface area contributed by atoms with Gasteiger partial charge in [0.15, 0.2) is 6.61 Å². The molecule has 1 aromatic rings. The molecule has 0 saturated carbocycles. The lowest BCUT2D eigenvalue weighted by atomic mass is 10.1. The highest BCUT2D eigenvalue weighted by atomic mass is 19.4. The van der Waals surface area contributed by atoms with Crippen molar-refractivity contribution >= 4 is 6.29 Å². The maximum atomic E-state index is 12.6. The molecular formula is C11H8F6O2. The van der Waals surface area contributed by atoms with Crippen LogP contribution >= 0.6 is 0 Å². The first-order chi connectivity index (χ1) is 8.63. The van der Waals surface area contributed by atoms with E-state index in [1.807, 2.05) is 0 Å². The molecule has 0 unspecified atom stereocenters. The molecule has 2 nitrogen and oxygen atoms in total. The molecule has 1 aromatic carbocycles. The molecule has 0 fully saturated rings. The first-order valence-electron chi connectivity index (χ1n) is 4.97. The molecule has 1 rings (SSSR count). The first kappa shape index (κ1) is 15.3. The normalized spacial score (nSPS) is 12.3. The van der Waals surface area contributed by atoms with E-state index in [2.05, 4.69) is 4.74 Å². The molecule has 0 aliphatic carbocycles. The van der Waals surface area contributed by atoms with Crippen molar-refractivity contribution in [3.63, 3.8) is 0 Å². The van der Waals surface area contributed by atoms with Crippen LogP contribution in [0.25, 0.3) is 0 Å². The minimum Gasteiger partial charge on any atom is -0.483 e. The Morgan fingerprint density at radius 1 is 1.11 bits per heavy atom. The number of carbonyl (C=O) groups is 1. The molecule has 8 heteroatoms. The second-order valence-corrected chi connectivity index (χ2v) is 3.60. The Hall–Kier alpha value is -1.73. The molecule has 0 saturated heterocycles. The van der Waals surface area contributed by atoms with Crippen molar-refractivity contribution in [2.45, 2.75) is 18.8 Å². The number of carbonyl (C=O) groups excluding carboxylic acids is 1. The number of hydrogen-bond donors (Lipinski definition) is 0. The van der Waals surface area contributed by atoms with Gasteiger partial charge in [-0.15, -0.1) is 0 Å². The van der Waals surface area contributed by atoms with Crippen LogP contribution < -0.4 is 4.74 Å². The highest BCUT2D eigenvalue weighted by molar-refractivity contribution is 5.56. The van der Waals surface area contributed by atoms with Crippen LogP contribution in [0.2, 0.25) is 0 Å². The van der Waals surface area contributed by atoms with E-state index in [-0.39, 0.29) is 12.0 Å². The minimum atomic E-state index is -4.83. The van der Waals surface area contributed by atoms with E-state index in [4.69, 9.17) is 0 Å². The average Bonchev–Trinajstić information content (AvgIpc) is 2.24. The molecule has 19 heavy (non-hydrogen) atoms. The zero-order chi connectivity index (χ0) is 14.7. The SMILES string of the molecule is O=CCc1ccc(C(F)(F)F)c(OCC(F)(F)F)c1. The predicted octanol–water partition coefficient (Wildman–Crippen LogP) is 3.39. The lowest BCUT2D eigenvalue weighted by Gasteiger charge is -2.16. The van der Waals surface area contributed by atoms with Crippen LogP contribution in [-0.2, 0) is 17.4 Å². The highest BCUT2D eigenvalue weighted by Gasteiger charge is 2.36. The zero-order valence-electron chi connectivity index (χ0n) is 9.31. The van der Waals surface area contributed by atoms with Crippen LogP contribution in [0.5, 0.6) is 5.75 Å². The summed E-state index contributed by atoms with van der Waals surface area (Å²) < 4.78 is 77.7. The van der Waals surface area contributed by atoms with Gasteiger partial charge in [0, 0.05) is 6.42 Å². The molecule has 0 atom stereocenters. The molecule has 0 spiro atoms. The maximum Gasteiger partial charge on any atom is 0.422 e. The van der Waals surface area contributed by atoms with Crippen LogP contribution in [0.1, 0.15) is 11.1 Å². The third-order valence-electron chi connectivity index (χ3n) is 2.06. The topological polar surface area (TPSA) is 26.3 Å². The Kier molecular flexibility index (Phi) is 4.43. The van der Waals surface area contributed by atoms with Gasteiger partial charge in [-0.3, -0.25) is 0 Å². The Bertz CT molecular complexity index is 449. The van der Waals surface area contributed by atoms with Crippen molar-refractivity contribution in [2.75, 3.05) is 6.61 Å². The number of rotatable bonds is 4. The fraction of sp³-hybridized carbons (Fsp3) is 0.364. The van der Waals surface area contributed by atoms with Gasteiger partial charge in [0.1, 0.15) is 12.0 Å². The van der Waals surface area contributed by atoms with Gasteiger partial charge in [-0.05, 0) is 17.7 Å². The second-order valence-electron chi connectivity index (χ2n) is 3.60. The van der Waals surface area contributed by atoms with Crippen LogP contribution in [-0.4, -0.2) is 19.1 Å². The zero-order valence-corrected chi connectivity index (χ0v) is 9.31. The number of ether oxygens (including phenoxy) is 1. The summed E-state index contributed by atoms with van der Waals surface area (Å²) in [6, 6.07) is 2.38. The van der Waals surface area contributed by atoms with Gasteiger partial charge in [-0.2, -0.15) is 26.3 Å². The average molecular weight is 286 g/mol. The summed E-state index contributed by atoms with van der Waals surface area (Å²) in [6.07, 6.45) is -9.36. The van der Waals surface area contributed by atoms with E-state index in [9.17, 15) is 31.1 Å². The monoisotopic (exact) mass is 286 g/mol. The molecule has 106 valence electrons. The summed E-state index contributed by atoms with van der Waals surface area (Å²) in [5.74, 6) is -0.941. The summed E-state index contributed by atoms with van der Waals surface area (Å²) >= 11 is 0. The summed E-state index contributed by atoms with van der Waals surface area (Å²) in [5.41, 5.74) is -1.17. The van der Waals surface area contributed by atoms with Crippen LogP contribution in [0.3, 0.4) is 0 Å². The van der Waals surface area contributed by atoms with Crippen LogP contribution in [0.4, 0.5) is 26.3 Å². The summed E-state index contributed by atoms with van der Waals surface area (Å²) in [5, 5.41) is 0. The summed E-state index contributed by atoms with van der Waals surface area (Å²) in [6.45, 7) is -1.83. The first-order valence-corrected chi connectivity index (χ1v) is 4.97. The maximum absolute atomic E-state index is 12.6. The van der Waals surface area contributed by atoms with E-state index in [0.29, 0.717) is 12.4 Å². The fourth-order valence-corrected chi connectivity index (χ4v) is 1.30. The Morgan fingerprint density at radius 3 is 2.21 bits per heavy atom. The standard InChI is InChI=1S/C11H8F6O2/c12-10(13,14)6-19-9-5-7(3-4-18)1-2-8(9)11(15,16)17/h1-2,4-5H,3,6H2. The molecule has 0 N–H and O–H groups in total. The van der Waals surface area contributed by atoms with Crippen molar-refractivity contribution in [1.82, 2.24) is 0 Å². The van der Waals surface area contributed by atoms with Gasteiger partial charge < -0.3 is 9.53 Å². The fourth-order valence-electron chi connectivity index (χ4n) is 1.30. The molecule has 0 aromatic heterocycles. The van der Waals surface area contributed by atoms with Gasteiger partial charge in [0.25, 0.3) is 0 Å². The van der Waals surface area contributed by atoms with E-state index in [1.165, 1.54) is 0 Å². The van der Waals surface area contributed by atoms with Crippen LogP contribution in [0, 0.1) is 0 Å². The second kappa shape index (κ2) is 5.50. The largest absolute Gasteiger partial charge is 0.483 e. The van der Waals surface area contributed by atoms with Crippen LogP contribution in [0.15, 0.2) is 18.2 Å². The number of halogens is 6. The molecule has 0 heterocycles. The molecule has 0 aliphatic rings. The lowest BCUT2D eigenvalue weighted by molar-refractivity contribution is -0.158. The third kappa shape index (κ3) is 4.80. The highest BCUT2D eigenvalue weighted by Crippen LogP contribution is 2.37. The Labute approximate surface area is 104 Å². The number of aldehydes is 1. The van der Waals surface area contributed by atoms with E-state index >= 15 is 0 Å². The summed E-state index contributed by atoms with van der Waals surface area (Å²) in [7, 11) is 0. The molecule has 0 radical (unpaired) electrons. The Balaban J connectivity index is 3.07. The van der Waals surface area contributed by atoms with Crippen molar-refractivity contribution in [2.24, 2.45) is 0 Å². The van der Waals surface area contributed by atoms with Crippen molar-refractivity contribution in [3.8, 4) is 5.75 Å². The van der Waals surface area contributed by atoms with Crippen molar-refractivity contribution in [3.05, 3.63) is 29.3 Å². The van der Waals surface area contributed by atoms with E-state index < -0.39 is 30.3 Å². The number of alkyl halides is 6. The minimum absolute atomic E-state index is 0.139. The van der Waals surface area contributed by atoms with E-state index in [0.717, 1.165) is 12.1 Å². The van der Waals surface area contributed by atoms with Gasteiger partial charge in [0.2, 0.25) is 0 Å². The van der Waals surface area contributed by atoms with Gasteiger partial charge in [-0.25, -0.2) is 0 Å². The predicted molar refractivity (Wildman–Crippen MR) is 52.8 cm³/mol.